The van der Waals surface area contributed by atoms with Crippen molar-refractivity contribution in [2.24, 2.45) is 7.05 Å². The quantitative estimate of drug-likeness (QED) is 0.837. The lowest BCUT2D eigenvalue weighted by atomic mass is 9.75. The average Bonchev–Trinajstić information content (AvgIpc) is 2.60. The van der Waals surface area contributed by atoms with Crippen LogP contribution in [0.3, 0.4) is 0 Å². The zero-order chi connectivity index (χ0) is 13.6. The summed E-state index contributed by atoms with van der Waals surface area (Å²) in [7, 11) is 1.67. The maximum atomic E-state index is 11.5. The summed E-state index contributed by atoms with van der Waals surface area (Å²) in [4.78, 5) is 22.9. The van der Waals surface area contributed by atoms with Crippen molar-refractivity contribution in [3.05, 3.63) is 34.3 Å². The molecule has 5 nitrogen and oxygen atoms in total. The summed E-state index contributed by atoms with van der Waals surface area (Å²) in [6.45, 7) is 2.68. The molecule has 1 aromatic carbocycles. The van der Waals surface area contributed by atoms with Crippen LogP contribution in [0.4, 0.5) is 0 Å². The number of benzene rings is 1. The molecule has 0 saturated carbocycles. The first kappa shape index (κ1) is 12.2. The van der Waals surface area contributed by atoms with E-state index in [1.54, 1.807) is 20.0 Å². The molecule has 0 aliphatic carbocycles. The predicted molar refractivity (Wildman–Crippen MR) is 69.3 cm³/mol. The summed E-state index contributed by atoms with van der Waals surface area (Å²) in [6.07, 6.45) is 0.463. The van der Waals surface area contributed by atoms with Crippen molar-refractivity contribution in [1.29, 1.82) is 0 Å². The highest BCUT2D eigenvalue weighted by Crippen LogP contribution is 2.37. The molecule has 0 unspecified atom stereocenters. The SMILES string of the molecule is CC(=O)CC1(c2ccc3oc(=O)n(C)c3c2)COC1. The van der Waals surface area contributed by atoms with E-state index in [1.807, 2.05) is 12.1 Å². The lowest BCUT2D eigenvalue weighted by Crippen LogP contribution is -2.48. The van der Waals surface area contributed by atoms with E-state index >= 15 is 0 Å². The Hall–Kier alpha value is -1.88. The molecule has 1 fully saturated rings. The van der Waals surface area contributed by atoms with Crippen LogP contribution >= 0.6 is 0 Å². The molecule has 3 rings (SSSR count). The number of nitrogens with zero attached hydrogens (tertiary/aromatic N) is 1. The minimum Gasteiger partial charge on any atom is -0.408 e. The zero-order valence-electron chi connectivity index (χ0n) is 10.9. The van der Waals surface area contributed by atoms with Crippen molar-refractivity contribution in [1.82, 2.24) is 4.57 Å². The standard InChI is InChI=1S/C14H15NO4/c1-9(16)6-14(7-18-8-14)10-3-4-12-11(5-10)15(2)13(17)19-12/h3-5H,6-8H2,1-2H3. The molecule has 5 heteroatoms. The van der Waals surface area contributed by atoms with Crippen LogP contribution in [-0.4, -0.2) is 23.6 Å². The Morgan fingerprint density at radius 2 is 2.16 bits per heavy atom. The summed E-state index contributed by atoms with van der Waals surface area (Å²) >= 11 is 0. The molecule has 0 N–H and O–H groups in total. The van der Waals surface area contributed by atoms with Gasteiger partial charge in [0.2, 0.25) is 0 Å². The van der Waals surface area contributed by atoms with Crippen LogP contribution in [-0.2, 0) is 22.0 Å². The molecule has 1 aromatic heterocycles. The number of ketones is 1. The summed E-state index contributed by atoms with van der Waals surface area (Å²) in [5.74, 6) is -0.234. The molecule has 0 radical (unpaired) electrons. The number of hydrogen-bond donors (Lipinski definition) is 0. The highest BCUT2D eigenvalue weighted by Gasteiger charge is 2.41. The number of carbonyl (C=O) groups is 1. The minimum atomic E-state index is -0.377. The van der Waals surface area contributed by atoms with Crippen molar-refractivity contribution < 1.29 is 13.9 Å². The van der Waals surface area contributed by atoms with Gasteiger partial charge in [0.15, 0.2) is 5.58 Å². The number of rotatable bonds is 3. The molecule has 0 spiro atoms. The molecular formula is C14H15NO4. The third-order valence-corrected chi connectivity index (χ3v) is 3.75. The van der Waals surface area contributed by atoms with Crippen molar-refractivity contribution >= 4 is 16.9 Å². The highest BCUT2D eigenvalue weighted by atomic mass is 16.5. The van der Waals surface area contributed by atoms with E-state index in [9.17, 15) is 9.59 Å². The fourth-order valence-electron chi connectivity index (χ4n) is 2.65. The van der Waals surface area contributed by atoms with Gasteiger partial charge in [-0.05, 0) is 24.6 Å². The number of oxazole rings is 1. The number of Topliss-reactive ketones (excluding diaryl/α,β-unsaturated/α-hetero) is 1. The monoisotopic (exact) mass is 261 g/mol. The van der Waals surface area contributed by atoms with Gasteiger partial charge in [-0.15, -0.1) is 0 Å². The van der Waals surface area contributed by atoms with Gasteiger partial charge in [0, 0.05) is 18.9 Å². The summed E-state index contributed by atoms with van der Waals surface area (Å²) in [5, 5.41) is 0. The number of aryl methyl sites for hydroxylation is 1. The van der Waals surface area contributed by atoms with E-state index in [0.717, 1.165) is 11.1 Å². The topological polar surface area (TPSA) is 61.4 Å². The molecule has 19 heavy (non-hydrogen) atoms. The van der Waals surface area contributed by atoms with Crippen LogP contribution in [0, 0.1) is 0 Å². The van der Waals surface area contributed by atoms with Gasteiger partial charge in [-0.1, -0.05) is 6.07 Å². The fraction of sp³-hybridized carbons (Fsp3) is 0.429. The Kier molecular flexibility index (Phi) is 2.60. The summed E-state index contributed by atoms with van der Waals surface area (Å²) < 4.78 is 11.9. The Labute approximate surface area is 109 Å². The normalized spacial score (nSPS) is 17.4. The summed E-state index contributed by atoms with van der Waals surface area (Å²) in [6, 6.07) is 5.62. The van der Waals surface area contributed by atoms with E-state index in [0.29, 0.717) is 25.2 Å². The molecule has 0 bridgehead atoms. The first-order valence-electron chi connectivity index (χ1n) is 6.19. The van der Waals surface area contributed by atoms with E-state index < -0.39 is 0 Å². The van der Waals surface area contributed by atoms with Gasteiger partial charge in [0.1, 0.15) is 5.78 Å². The first-order chi connectivity index (χ1) is 9.02. The Bertz CT molecular complexity index is 706. The molecule has 0 amide bonds. The third-order valence-electron chi connectivity index (χ3n) is 3.75. The van der Waals surface area contributed by atoms with Crippen molar-refractivity contribution in [2.75, 3.05) is 13.2 Å². The molecule has 1 saturated heterocycles. The Morgan fingerprint density at radius 1 is 1.42 bits per heavy atom. The zero-order valence-corrected chi connectivity index (χ0v) is 10.9. The van der Waals surface area contributed by atoms with Crippen LogP contribution in [0.15, 0.2) is 27.4 Å². The van der Waals surface area contributed by atoms with Gasteiger partial charge >= 0.3 is 5.76 Å². The van der Waals surface area contributed by atoms with Crippen LogP contribution in [0.1, 0.15) is 18.9 Å². The summed E-state index contributed by atoms with van der Waals surface area (Å²) in [5.41, 5.74) is 2.09. The molecule has 2 aromatic rings. The highest BCUT2D eigenvalue weighted by molar-refractivity contribution is 5.79. The van der Waals surface area contributed by atoms with Crippen LogP contribution in [0.5, 0.6) is 0 Å². The Balaban J connectivity index is 2.12. The molecule has 0 atom stereocenters. The van der Waals surface area contributed by atoms with Crippen molar-refractivity contribution in [3.63, 3.8) is 0 Å². The molecular weight excluding hydrogens is 246 g/mol. The van der Waals surface area contributed by atoms with Gasteiger partial charge in [-0.25, -0.2) is 4.79 Å². The Morgan fingerprint density at radius 3 is 2.74 bits per heavy atom. The molecule has 100 valence electrons. The first-order valence-corrected chi connectivity index (χ1v) is 6.19. The average molecular weight is 261 g/mol. The maximum Gasteiger partial charge on any atom is 0.419 e. The van der Waals surface area contributed by atoms with E-state index in [-0.39, 0.29) is 17.0 Å². The van der Waals surface area contributed by atoms with Crippen LogP contribution in [0.2, 0.25) is 0 Å². The van der Waals surface area contributed by atoms with E-state index in [2.05, 4.69) is 0 Å². The van der Waals surface area contributed by atoms with Gasteiger partial charge in [0.05, 0.1) is 18.7 Å². The second-order valence-corrected chi connectivity index (χ2v) is 5.26. The molecule has 1 aliphatic heterocycles. The van der Waals surface area contributed by atoms with Crippen LogP contribution in [0.25, 0.3) is 11.1 Å². The minimum absolute atomic E-state index is 0.143. The van der Waals surface area contributed by atoms with Crippen molar-refractivity contribution in [3.8, 4) is 0 Å². The second-order valence-electron chi connectivity index (χ2n) is 5.26. The maximum absolute atomic E-state index is 11.5. The van der Waals surface area contributed by atoms with Crippen LogP contribution < -0.4 is 5.76 Å². The largest absolute Gasteiger partial charge is 0.419 e. The number of ether oxygens (including phenoxy) is 1. The third kappa shape index (κ3) is 1.81. The van der Waals surface area contributed by atoms with Gasteiger partial charge < -0.3 is 9.15 Å². The number of carbonyl (C=O) groups excluding carboxylic acids is 1. The molecule has 1 aliphatic rings. The predicted octanol–water partition coefficient (Wildman–Crippen LogP) is 1.38. The molecule has 2 heterocycles. The fourth-order valence-corrected chi connectivity index (χ4v) is 2.65. The lowest BCUT2D eigenvalue weighted by molar-refractivity contribution is -0.125. The smallest absolute Gasteiger partial charge is 0.408 e. The number of aromatic nitrogens is 1. The lowest BCUT2D eigenvalue weighted by Gasteiger charge is -2.41. The van der Waals surface area contributed by atoms with Gasteiger partial charge in [0.25, 0.3) is 0 Å². The van der Waals surface area contributed by atoms with E-state index in [4.69, 9.17) is 9.15 Å². The number of hydrogen-bond acceptors (Lipinski definition) is 4. The van der Waals surface area contributed by atoms with E-state index in [1.165, 1.54) is 4.57 Å². The van der Waals surface area contributed by atoms with Crippen molar-refractivity contribution in [2.45, 2.75) is 18.8 Å². The van der Waals surface area contributed by atoms with Gasteiger partial charge in [-0.3, -0.25) is 9.36 Å². The number of fused-ring (bicyclic) bond motifs is 1. The second kappa shape index (κ2) is 4.06. The van der Waals surface area contributed by atoms with Gasteiger partial charge in [-0.2, -0.15) is 0 Å².